The molecule has 0 aliphatic carbocycles. The van der Waals surface area contributed by atoms with Crippen LogP contribution in [0.25, 0.3) is 10.4 Å². The van der Waals surface area contributed by atoms with E-state index in [0.29, 0.717) is 12.8 Å². The van der Waals surface area contributed by atoms with Gasteiger partial charge < -0.3 is 40.1 Å². The number of thiazole rings is 2. The number of pyridine rings is 2. The monoisotopic (exact) mass is 1730 g/mol. The lowest BCUT2D eigenvalue weighted by Gasteiger charge is -2.18. The van der Waals surface area contributed by atoms with Crippen LogP contribution in [0.2, 0.25) is 0 Å². The molecule has 0 spiro atoms. The Morgan fingerprint density at radius 3 is 1.32 bits per heavy atom. The Bertz CT molecular complexity index is 3560. The standard InChI is InChI=1S/C16H20N2OS.C10H16O3.C9H12BrN.2C9H12O2.C7H9NOS.C5H9ClO.C5H8O2.C2H6O.Br3OP.H3N.H2O/c1-10(19)8-14-18-11(2)15(20-14)12-6-7-17-13(9-12)16(3,4)5;1-10(2,3)9(12)7-8(11)5-6-13-4;3*1-9(2,3)8-6-7(10)4-5-11-8;1-5-4-10-7(8-5)3-6(2)9;1-5(2,3)4(6)7;1-5(6)3-4-7-2;1-2-3;1-5(2,3)4;;/h6-7,9H,8H2,1-5H3;5-7,11H,1-4H3;3*4-6H,1-3H3;4H,3H2,1-2H3;1-3H3;3-4H,1-2H3;3H,2H2,1H3;;1H3;1H2/b;6-5+,8-7?;;;;;;4-3+;;;;. The van der Waals surface area contributed by atoms with Gasteiger partial charge in [-0.25, -0.2) is 9.97 Å². The summed E-state index contributed by atoms with van der Waals surface area (Å²) in [6.45, 7) is 46.2. The summed E-state index contributed by atoms with van der Waals surface area (Å²) in [5.74, 6) is 1.56. The van der Waals surface area contributed by atoms with Crippen molar-refractivity contribution in [1.82, 2.24) is 26.1 Å². The van der Waals surface area contributed by atoms with Crippen LogP contribution in [0.4, 0.5) is 0 Å². The van der Waals surface area contributed by atoms with Crippen molar-refractivity contribution in [3.63, 3.8) is 0 Å². The van der Waals surface area contributed by atoms with E-state index in [-0.39, 0.29) is 90.3 Å². The second kappa shape index (κ2) is 51.8. The molecular formula is C72H109Br4ClN5O15PS2. The molecule has 0 unspecified atom stereocenters. The van der Waals surface area contributed by atoms with Gasteiger partial charge in [0.25, 0.3) is 3.25 Å². The first kappa shape index (κ1) is 106. The Labute approximate surface area is 639 Å². The number of hydrogen-bond donors (Lipinski definition) is 3. The van der Waals surface area contributed by atoms with E-state index in [2.05, 4.69) is 145 Å². The second-order valence-corrected chi connectivity index (χ2v) is 48.9. The zero-order chi connectivity index (χ0) is 77.4. The molecule has 0 aromatic carbocycles. The largest absolute Gasteiger partial charge is 0.508 e. The molecule has 0 saturated carbocycles. The van der Waals surface area contributed by atoms with Gasteiger partial charge in [0.15, 0.2) is 22.4 Å². The van der Waals surface area contributed by atoms with Gasteiger partial charge in [-0.3, -0.25) is 48.1 Å². The summed E-state index contributed by atoms with van der Waals surface area (Å²) >= 11 is 20.0. The molecular weight excluding hydrogens is 1620 g/mol. The highest BCUT2D eigenvalue weighted by molar-refractivity contribution is 9.94. The van der Waals surface area contributed by atoms with Crippen molar-refractivity contribution < 1.29 is 62.5 Å². The van der Waals surface area contributed by atoms with E-state index < -0.39 is 8.66 Å². The van der Waals surface area contributed by atoms with Crippen LogP contribution < -0.4 is 17.0 Å². The number of methoxy groups -OCH3 is 2. The molecule has 0 atom stereocenters. The molecule has 0 aliphatic rings. The minimum Gasteiger partial charge on any atom is -0.508 e. The van der Waals surface area contributed by atoms with Crippen LogP contribution in [0.3, 0.4) is 0 Å². The zero-order valence-electron chi connectivity index (χ0n) is 63.0. The molecule has 0 amide bonds. The van der Waals surface area contributed by atoms with E-state index in [1.165, 1.54) is 88.7 Å². The van der Waals surface area contributed by atoms with Gasteiger partial charge in [0.2, 0.25) is 5.24 Å². The number of hydrogen-bond acceptors (Lipinski definition) is 21. The van der Waals surface area contributed by atoms with E-state index in [9.17, 15) is 43.2 Å². The second-order valence-electron chi connectivity index (χ2n) is 27.2. The Morgan fingerprint density at radius 1 is 0.640 bits per heavy atom. The van der Waals surface area contributed by atoms with Crippen LogP contribution in [0.15, 0.2) is 138 Å². The maximum absolute atomic E-state index is 11.3. The van der Waals surface area contributed by atoms with Crippen LogP contribution in [-0.2, 0) is 72.5 Å². The number of aliphatic hydroxyl groups excluding tert-OH is 2. The zero-order valence-corrected chi connectivity index (χ0v) is 72.6. The number of carbonyl (C=O) groups is 5. The number of Topliss-reactive ketones (excluding diaryl/α,β-unsaturated/α-hetero) is 2. The summed E-state index contributed by atoms with van der Waals surface area (Å²) in [6.07, 6.45) is 14.0. The van der Waals surface area contributed by atoms with Crippen LogP contribution in [0.1, 0.15) is 197 Å². The Hall–Kier alpha value is -5.25. The van der Waals surface area contributed by atoms with E-state index in [1.807, 2.05) is 85.3 Å². The summed E-state index contributed by atoms with van der Waals surface area (Å²) in [4.78, 5) is 93.7. The summed E-state index contributed by atoms with van der Waals surface area (Å²) in [6, 6.07) is 14.0. The summed E-state index contributed by atoms with van der Waals surface area (Å²) in [5, 5.41) is 20.2. The number of aryl methyl sites for hydroxylation is 2. The molecule has 28 heteroatoms. The highest BCUT2D eigenvalue weighted by atomic mass is 80.0. The maximum atomic E-state index is 11.3. The number of allylic oxidation sites excluding steroid dienone is 3. The summed E-state index contributed by atoms with van der Waals surface area (Å²) in [5.41, 5.74) is 4.47. The molecule has 6 aromatic heterocycles. The van der Waals surface area contributed by atoms with Gasteiger partial charge in [-0.05, 0) is 83.0 Å². The van der Waals surface area contributed by atoms with Crippen molar-refractivity contribution in [3.05, 3.63) is 185 Å². The molecule has 100 heavy (non-hydrogen) atoms. The van der Waals surface area contributed by atoms with Crippen molar-refractivity contribution in [2.45, 2.75) is 201 Å². The lowest BCUT2D eigenvalue weighted by Crippen LogP contribution is -2.17. The van der Waals surface area contributed by atoms with Crippen molar-refractivity contribution in [3.8, 4) is 10.4 Å². The maximum Gasteiger partial charge on any atom is 0.268 e. The molecule has 6 aromatic rings. The molecule has 0 fully saturated rings. The molecule has 6 heterocycles. The fourth-order valence-corrected chi connectivity index (χ4v) is 8.07. The fraction of sp³-hybridized carbons (Fsp3) is 0.486. The predicted octanol–water partition coefficient (Wildman–Crippen LogP) is 19.9. The summed E-state index contributed by atoms with van der Waals surface area (Å²) < 4.78 is 28.2. The van der Waals surface area contributed by atoms with Crippen LogP contribution in [0.5, 0.6) is 0 Å². The van der Waals surface area contributed by atoms with Gasteiger partial charge in [0.1, 0.15) is 38.9 Å². The van der Waals surface area contributed by atoms with Crippen molar-refractivity contribution >= 4 is 128 Å². The van der Waals surface area contributed by atoms with Crippen LogP contribution in [0, 0.1) is 24.7 Å². The number of aliphatic hydroxyl groups is 2. The number of halogens is 5. The Kier molecular flexibility index (Phi) is 54.8. The van der Waals surface area contributed by atoms with Crippen molar-refractivity contribution in [1.29, 1.82) is 0 Å². The average Bonchev–Trinajstić information content (AvgIpc) is 1.61. The quantitative estimate of drug-likeness (QED) is 0.0377. The van der Waals surface area contributed by atoms with Crippen LogP contribution in [-0.4, -0.2) is 84.8 Å². The van der Waals surface area contributed by atoms with E-state index in [4.69, 9.17) is 25.5 Å². The first-order valence-electron chi connectivity index (χ1n) is 30.4. The van der Waals surface area contributed by atoms with Gasteiger partial charge >= 0.3 is 0 Å². The fourth-order valence-electron chi connectivity index (χ4n) is 5.76. The van der Waals surface area contributed by atoms with Gasteiger partial charge in [-0.2, -0.15) is 0 Å². The predicted molar refractivity (Wildman–Crippen MR) is 427 cm³/mol. The third-order valence-electron chi connectivity index (χ3n) is 10.9. The van der Waals surface area contributed by atoms with E-state index >= 15 is 0 Å². The molecule has 20 nitrogen and oxygen atoms in total. The van der Waals surface area contributed by atoms with Gasteiger partial charge in [-0.15, -0.1) is 22.7 Å². The lowest BCUT2D eigenvalue weighted by atomic mass is 9.90. The highest BCUT2D eigenvalue weighted by Crippen LogP contribution is 2.68. The van der Waals surface area contributed by atoms with Crippen molar-refractivity contribution in [2.75, 3.05) is 20.8 Å². The Balaban J connectivity index is -0.000000252. The summed E-state index contributed by atoms with van der Waals surface area (Å²) in [7, 11) is 2.97. The number of rotatable bonds is 10. The molecule has 7 N–H and O–H groups in total. The number of ether oxygens (including phenoxy) is 2. The topological polar surface area (TPSA) is 340 Å². The van der Waals surface area contributed by atoms with E-state index in [1.54, 1.807) is 85.0 Å². The number of aromatic nitrogens is 4. The van der Waals surface area contributed by atoms with Crippen LogP contribution >= 0.6 is 99.9 Å². The number of nitrogens with zero attached hydrogens (tertiary/aromatic N) is 4. The third kappa shape index (κ3) is 58.3. The minimum absolute atomic E-state index is 0. The SMILES string of the molecule is CC(=O)Cc1nc(C)c(-c2ccnc(C(C)(C)C)c2)s1.CC(=O)Cc1nc(C)cs1.CC(C)(C)C(=O)Cl.CC(C)(C)c1cc(=O)cco1.CC(C)(C)c1cc(=O)cco1.CC(C)(C)c1cc(Br)ccn1.CCO.CO/C=C/C(C)=O.CO/C=C/C(O)=CC(=O)C(C)(C)C.N.O.O=P(Br)(Br)Br. The highest BCUT2D eigenvalue weighted by Gasteiger charge is 2.22. The average molecular weight is 1730 g/mol. The third-order valence-corrected chi connectivity index (χ3v) is 14.1. The molecule has 0 aliphatic heterocycles. The Morgan fingerprint density at radius 2 is 1.03 bits per heavy atom. The molecule has 564 valence electrons. The number of carbonyl (C=O) groups excluding carboxylic acids is 5. The van der Waals surface area contributed by atoms with E-state index in [0.717, 1.165) is 59.2 Å². The lowest BCUT2D eigenvalue weighted by molar-refractivity contribution is -0.121. The molecule has 0 radical (unpaired) electrons. The normalized spacial score (nSPS) is 11.1. The van der Waals surface area contributed by atoms with Gasteiger partial charge in [0, 0.05) is 167 Å². The molecule has 0 bridgehead atoms. The first-order valence-corrected chi connectivity index (χ1v) is 41.1. The molecule has 0 saturated heterocycles. The first-order chi connectivity index (χ1) is 44.5. The van der Waals surface area contributed by atoms with Crippen molar-refractivity contribution in [2.24, 2.45) is 10.8 Å². The smallest absolute Gasteiger partial charge is 0.268 e. The van der Waals surface area contributed by atoms with Gasteiger partial charge in [0.05, 0.1) is 62.7 Å². The van der Waals surface area contributed by atoms with Gasteiger partial charge in [-0.1, -0.05) is 141 Å². The molecule has 6 rings (SSSR count). The number of ketones is 4. The minimum atomic E-state index is -2.20.